The molecule has 10 aromatic rings. The first-order valence-corrected chi connectivity index (χ1v) is 15.5. The van der Waals surface area contributed by atoms with Crippen molar-refractivity contribution in [2.24, 2.45) is 0 Å². The van der Waals surface area contributed by atoms with Crippen molar-refractivity contribution < 1.29 is 4.42 Å². The number of hydrogen-bond donors (Lipinski definition) is 0. The van der Waals surface area contributed by atoms with Gasteiger partial charge in [0.2, 0.25) is 0 Å². The van der Waals surface area contributed by atoms with Gasteiger partial charge in [0.1, 0.15) is 11.2 Å². The molecule has 3 aromatic heterocycles. The molecule has 0 atom stereocenters. The lowest BCUT2D eigenvalue weighted by molar-refractivity contribution is 0.669. The fraction of sp³-hybridized carbons (Fsp3) is 0. The Bertz CT molecular complexity index is 2700. The highest BCUT2D eigenvalue weighted by molar-refractivity contribution is 7.26. The Morgan fingerprint density at radius 3 is 1.95 bits per heavy atom. The normalized spacial score (nSPS) is 12.4. The van der Waals surface area contributed by atoms with Crippen molar-refractivity contribution in [2.75, 3.05) is 0 Å². The van der Waals surface area contributed by atoms with E-state index in [2.05, 4.69) is 115 Å². The molecule has 0 unspecified atom stereocenters. The summed E-state index contributed by atoms with van der Waals surface area (Å²) in [7, 11) is 0. The first-order chi connectivity index (χ1) is 20.3. The Balaban J connectivity index is 1.41. The predicted octanol–water partition coefficient (Wildman–Crippen LogP) is 12.3. The molecule has 0 saturated heterocycles. The second kappa shape index (κ2) is 7.94. The van der Waals surface area contributed by atoms with E-state index in [1.807, 2.05) is 28.7 Å². The molecule has 0 spiro atoms. The van der Waals surface area contributed by atoms with Crippen LogP contribution in [0.3, 0.4) is 0 Å². The first kappa shape index (κ1) is 22.0. The lowest BCUT2D eigenvalue weighted by atomic mass is 9.91. The number of hydrogen-bond acceptors (Lipinski definition) is 3. The molecule has 0 N–H and O–H groups in total. The standard InChI is InChI=1S/C38H20OS2/c1-4-13-33-22(8-1)31-19-29-28(26-12-7-11-25-23-9-2-6-15-36(23)41-38(25)26)16-21-17-37-32(24-10-3-5-14-35(24)40-37)18-27(21)30(29)20-34(31)39-33/h1-20H. The largest absolute Gasteiger partial charge is 0.456 e. The molecule has 1 nitrogen and oxygen atoms in total. The maximum absolute atomic E-state index is 6.41. The molecule has 7 aromatic carbocycles. The van der Waals surface area contributed by atoms with Crippen LogP contribution < -0.4 is 0 Å². The van der Waals surface area contributed by atoms with Crippen LogP contribution in [0, 0.1) is 0 Å². The van der Waals surface area contributed by atoms with Crippen molar-refractivity contribution in [3.63, 3.8) is 0 Å². The van der Waals surface area contributed by atoms with E-state index in [1.54, 1.807) is 0 Å². The summed E-state index contributed by atoms with van der Waals surface area (Å²) < 4.78 is 11.7. The molecule has 0 amide bonds. The van der Waals surface area contributed by atoms with E-state index < -0.39 is 0 Å². The van der Waals surface area contributed by atoms with E-state index in [0.717, 1.165) is 16.6 Å². The van der Waals surface area contributed by atoms with Crippen LogP contribution in [-0.4, -0.2) is 0 Å². The zero-order valence-electron chi connectivity index (χ0n) is 21.8. The fourth-order valence-corrected chi connectivity index (χ4v) is 9.14. The Morgan fingerprint density at radius 1 is 0.366 bits per heavy atom. The van der Waals surface area contributed by atoms with Crippen LogP contribution >= 0.6 is 22.7 Å². The van der Waals surface area contributed by atoms with Gasteiger partial charge in [-0.3, -0.25) is 0 Å². The fourth-order valence-electron chi connectivity index (χ4n) is 6.77. The van der Waals surface area contributed by atoms with Crippen LogP contribution in [0.4, 0.5) is 0 Å². The van der Waals surface area contributed by atoms with E-state index in [9.17, 15) is 0 Å². The summed E-state index contributed by atoms with van der Waals surface area (Å²) in [6, 6.07) is 44.6. The monoisotopic (exact) mass is 556 g/mol. The maximum atomic E-state index is 6.41. The minimum absolute atomic E-state index is 0.932. The highest BCUT2D eigenvalue weighted by Gasteiger charge is 2.18. The number of benzene rings is 7. The maximum Gasteiger partial charge on any atom is 0.136 e. The predicted molar refractivity (Wildman–Crippen MR) is 180 cm³/mol. The summed E-state index contributed by atoms with van der Waals surface area (Å²) >= 11 is 3.77. The van der Waals surface area contributed by atoms with Crippen LogP contribution in [0.1, 0.15) is 0 Å². The van der Waals surface area contributed by atoms with Crippen LogP contribution in [0.15, 0.2) is 126 Å². The summed E-state index contributed by atoms with van der Waals surface area (Å²) in [6.07, 6.45) is 0. The number of thiophene rings is 2. The van der Waals surface area contributed by atoms with Gasteiger partial charge < -0.3 is 4.42 Å². The lowest BCUT2D eigenvalue weighted by Gasteiger charge is -2.13. The Kier molecular flexibility index (Phi) is 4.27. The number of rotatable bonds is 1. The van der Waals surface area contributed by atoms with Gasteiger partial charge in [0.15, 0.2) is 0 Å². The summed E-state index contributed by atoms with van der Waals surface area (Å²) in [5, 5.41) is 12.7. The number of furan rings is 1. The molecule has 0 radical (unpaired) electrons. The number of para-hydroxylation sites is 1. The van der Waals surface area contributed by atoms with Gasteiger partial charge in [0.25, 0.3) is 0 Å². The van der Waals surface area contributed by atoms with E-state index >= 15 is 0 Å². The molecule has 0 aliphatic heterocycles. The summed E-state index contributed by atoms with van der Waals surface area (Å²) in [5.74, 6) is 0. The third-order valence-electron chi connectivity index (χ3n) is 8.64. The average molecular weight is 557 g/mol. The molecule has 0 aliphatic rings. The van der Waals surface area contributed by atoms with Gasteiger partial charge in [-0.05, 0) is 75.6 Å². The Labute approximate surface area is 242 Å². The molecular weight excluding hydrogens is 537 g/mol. The van der Waals surface area contributed by atoms with Gasteiger partial charge in [0, 0.05) is 56.7 Å². The second-order valence-electron chi connectivity index (χ2n) is 10.9. The van der Waals surface area contributed by atoms with E-state index in [4.69, 9.17) is 4.42 Å². The Hall–Kier alpha value is -4.70. The van der Waals surface area contributed by atoms with Gasteiger partial charge in [-0.1, -0.05) is 72.8 Å². The van der Waals surface area contributed by atoms with Crippen molar-refractivity contribution >= 4 is 107 Å². The van der Waals surface area contributed by atoms with Crippen molar-refractivity contribution in [2.45, 2.75) is 0 Å². The van der Waals surface area contributed by atoms with Gasteiger partial charge in [-0.25, -0.2) is 0 Å². The van der Waals surface area contributed by atoms with Crippen molar-refractivity contribution in [3.8, 4) is 11.1 Å². The molecule has 0 saturated carbocycles. The third kappa shape index (κ3) is 3.00. The van der Waals surface area contributed by atoms with Gasteiger partial charge in [-0.15, -0.1) is 22.7 Å². The van der Waals surface area contributed by atoms with Gasteiger partial charge in [-0.2, -0.15) is 0 Å². The van der Waals surface area contributed by atoms with Crippen molar-refractivity contribution in [1.29, 1.82) is 0 Å². The topological polar surface area (TPSA) is 13.1 Å². The second-order valence-corrected chi connectivity index (χ2v) is 13.0. The summed E-state index contributed by atoms with van der Waals surface area (Å²) in [5.41, 5.74) is 4.44. The van der Waals surface area contributed by atoms with Gasteiger partial charge in [0.05, 0.1) is 0 Å². The number of fused-ring (bicyclic) bond motifs is 12. The SMILES string of the molecule is c1ccc2c(c1)oc1cc3c(cc12)c(-c1cccc2c1sc1ccccc12)cc1cc2sc4ccccc4c2cc13. The van der Waals surface area contributed by atoms with E-state index in [1.165, 1.54) is 78.4 Å². The molecule has 190 valence electrons. The quantitative estimate of drug-likeness (QED) is 0.183. The van der Waals surface area contributed by atoms with Crippen molar-refractivity contribution in [1.82, 2.24) is 0 Å². The molecule has 0 aliphatic carbocycles. The molecule has 10 rings (SSSR count). The van der Waals surface area contributed by atoms with Crippen LogP contribution in [-0.2, 0) is 0 Å². The molecule has 0 fully saturated rings. The first-order valence-electron chi connectivity index (χ1n) is 13.8. The zero-order chi connectivity index (χ0) is 26.7. The van der Waals surface area contributed by atoms with Gasteiger partial charge >= 0.3 is 0 Å². The summed E-state index contributed by atoms with van der Waals surface area (Å²) in [6.45, 7) is 0. The zero-order valence-corrected chi connectivity index (χ0v) is 23.4. The minimum atomic E-state index is 0.932. The van der Waals surface area contributed by atoms with Crippen LogP contribution in [0.2, 0.25) is 0 Å². The lowest BCUT2D eigenvalue weighted by Crippen LogP contribution is -1.86. The molecular formula is C38H20OS2. The van der Waals surface area contributed by atoms with E-state index in [0.29, 0.717) is 0 Å². The average Bonchev–Trinajstić information content (AvgIpc) is 3.69. The van der Waals surface area contributed by atoms with E-state index in [-0.39, 0.29) is 0 Å². The molecule has 41 heavy (non-hydrogen) atoms. The van der Waals surface area contributed by atoms with Crippen LogP contribution in [0.5, 0.6) is 0 Å². The Morgan fingerprint density at radius 2 is 1.07 bits per heavy atom. The smallest absolute Gasteiger partial charge is 0.136 e. The minimum Gasteiger partial charge on any atom is -0.456 e. The van der Waals surface area contributed by atoms with Crippen molar-refractivity contribution in [3.05, 3.63) is 121 Å². The molecule has 3 heterocycles. The summed E-state index contributed by atoms with van der Waals surface area (Å²) in [4.78, 5) is 0. The third-order valence-corrected chi connectivity index (χ3v) is 11.0. The molecule has 3 heteroatoms. The van der Waals surface area contributed by atoms with Crippen LogP contribution in [0.25, 0.3) is 95.0 Å². The molecule has 0 bridgehead atoms. The highest BCUT2D eigenvalue weighted by atomic mass is 32.1. The highest BCUT2D eigenvalue weighted by Crippen LogP contribution is 2.46.